The summed E-state index contributed by atoms with van der Waals surface area (Å²) in [6, 6.07) is 11.4. The van der Waals surface area contributed by atoms with Crippen LogP contribution in [0.3, 0.4) is 0 Å². The zero-order chi connectivity index (χ0) is 20.8. The largest absolute Gasteiger partial charge is 0.342 e. The van der Waals surface area contributed by atoms with Gasteiger partial charge in [-0.3, -0.25) is 14.5 Å². The molecule has 0 saturated carbocycles. The highest BCUT2D eigenvalue weighted by Gasteiger charge is 2.43. The number of H-pyrrole nitrogens is 1. The number of benzene rings is 2. The number of carbonyl (C=O) groups excluding carboxylic acids is 2. The first-order chi connectivity index (χ1) is 14.5. The van der Waals surface area contributed by atoms with E-state index in [2.05, 4.69) is 9.88 Å². The molecule has 8 heteroatoms. The van der Waals surface area contributed by atoms with Crippen molar-refractivity contribution in [2.45, 2.75) is 31.2 Å². The molecule has 30 heavy (non-hydrogen) atoms. The van der Waals surface area contributed by atoms with Crippen LogP contribution in [0.1, 0.15) is 31.0 Å². The summed E-state index contributed by atoms with van der Waals surface area (Å²) in [5.74, 6) is 0.140. The van der Waals surface area contributed by atoms with Crippen molar-refractivity contribution >= 4 is 40.1 Å². The quantitative estimate of drug-likeness (QED) is 0.645. The molecule has 2 aromatic carbocycles. The number of aromatic amines is 1. The Morgan fingerprint density at radius 3 is 2.60 bits per heavy atom. The molecular formula is C22H20ClFN4O2. The SMILES string of the molecule is O=C1CC(N2CCC(c3nc4ccccc4[nH]3)CC2)C(=O)N1c1ccc(F)c(Cl)c1. The van der Waals surface area contributed by atoms with Crippen LogP contribution in [0.15, 0.2) is 42.5 Å². The fourth-order valence-corrected chi connectivity index (χ4v) is 4.62. The van der Waals surface area contributed by atoms with Crippen molar-refractivity contribution in [2.75, 3.05) is 18.0 Å². The minimum atomic E-state index is -0.580. The van der Waals surface area contributed by atoms with E-state index in [-0.39, 0.29) is 23.3 Å². The zero-order valence-corrected chi connectivity index (χ0v) is 16.9. The Hall–Kier alpha value is -2.77. The fourth-order valence-electron chi connectivity index (χ4n) is 4.45. The van der Waals surface area contributed by atoms with Gasteiger partial charge in [0.15, 0.2) is 0 Å². The number of nitrogens with zero attached hydrogens (tertiary/aromatic N) is 3. The Balaban J connectivity index is 1.28. The third kappa shape index (κ3) is 3.28. The molecule has 3 aromatic rings. The second-order valence-electron chi connectivity index (χ2n) is 7.84. The van der Waals surface area contributed by atoms with Crippen LogP contribution in [-0.2, 0) is 9.59 Å². The summed E-state index contributed by atoms with van der Waals surface area (Å²) in [6.07, 6.45) is 1.85. The van der Waals surface area contributed by atoms with E-state index in [1.165, 1.54) is 18.2 Å². The summed E-state index contributed by atoms with van der Waals surface area (Å²) in [6.45, 7) is 1.42. The van der Waals surface area contributed by atoms with Gasteiger partial charge in [0.2, 0.25) is 5.91 Å². The number of imidazole rings is 1. The Morgan fingerprint density at radius 2 is 1.87 bits per heavy atom. The molecule has 2 fully saturated rings. The number of hydrogen-bond donors (Lipinski definition) is 1. The molecule has 0 bridgehead atoms. The van der Waals surface area contributed by atoms with Crippen LogP contribution < -0.4 is 4.90 Å². The predicted molar refractivity (Wildman–Crippen MR) is 112 cm³/mol. The van der Waals surface area contributed by atoms with Gasteiger partial charge in [0.05, 0.1) is 34.2 Å². The van der Waals surface area contributed by atoms with Gasteiger partial charge < -0.3 is 4.98 Å². The van der Waals surface area contributed by atoms with E-state index in [0.717, 1.165) is 34.6 Å². The number of amides is 2. The molecule has 0 aliphatic carbocycles. The van der Waals surface area contributed by atoms with Crippen molar-refractivity contribution in [1.29, 1.82) is 0 Å². The first kappa shape index (κ1) is 19.2. The van der Waals surface area contributed by atoms with Gasteiger partial charge in [0.1, 0.15) is 11.6 Å². The highest BCUT2D eigenvalue weighted by Crippen LogP contribution is 2.33. The lowest BCUT2D eigenvalue weighted by molar-refractivity contribution is -0.123. The van der Waals surface area contributed by atoms with E-state index in [1.54, 1.807) is 0 Å². The molecular weight excluding hydrogens is 407 g/mol. The van der Waals surface area contributed by atoms with Crippen molar-refractivity contribution in [3.63, 3.8) is 0 Å². The molecule has 0 radical (unpaired) electrons. The lowest BCUT2D eigenvalue weighted by atomic mass is 9.95. The van der Waals surface area contributed by atoms with E-state index in [0.29, 0.717) is 24.7 Å². The number of piperidine rings is 1. The van der Waals surface area contributed by atoms with Crippen LogP contribution in [0.5, 0.6) is 0 Å². The summed E-state index contributed by atoms with van der Waals surface area (Å²) in [7, 11) is 0. The number of aromatic nitrogens is 2. The number of carbonyl (C=O) groups is 2. The van der Waals surface area contributed by atoms with Gasteiger partial charge in [-0.25, -0.2) is 14.3 Å². The van der Waals surface area contributed by atoms with E-state index < -0.39 is 11.9 Å². The molecule has 2 aliphatic rings. The standard InChI is InChI=1S/C22H20ClFN4O2/c23-15-11-14(5-6-16(15)24)28-20(29)12-19(22(28)30)27-9-7-13(8-10-27)21-25-17-3-1-2-4-18(17)26-21/h1-6,11,13,19H,7-10,12H2,(H,25,26). The molecule has 1 unspecified atom stereocenters. The Kier molecular flexibility index (Phi) is 4.79. The monoisotopic (exact) mass is 426 g/mol. The second-order valence-corrected chi connectivity index (χ2v) is 8.24. The number of rotatable bonds is 3. The van der Waals surface area contributed by atoms with Crippen LogP contribution in [0.4, 0.5) is 10.1 Å². The smallest absolute Gasteiger partial charge is 0.251 e. The van der Waals surface area contributed by atoms with E-state index in [9.17, 15) is 14.0 Å². The van der Waals surface area contributed by atoms with Gasteiger partial charge in [0.25, 0.3) is 5.91 Å². The molecule has 3 heterocycles. The average molecular weight is 427 g/mol. The number of imide groups is 1. The first-order valence-corrected chi connectivity index (χ1v) is 10.4. The summed E-state index contributed by atoms with van der Waals surface area (Å²) >= 11 is 5.83. The maximum Gasteiger partial charge on any atom is 0.251 e. The van der Waals surface area contributed by atoms with E-state index in [4.69, 9.17) is 16.6 Å². The van der Waals surface area contributed by atoms with Gasteiger partial charge in [-0.1, -0.05) is 23.7 Å². The van der Waals surface area contributed by atoms with Crippen LogP contribution in [0.25, 0.3) is 11.0 Å². The Morgan fingerprint density at radius 1 is 1.10 bits per heavy atom. The maximum atomic E-state index is 13.5. The van der Waals surface area contributed by atoms with Gasteiger partial charge in [0, 0.05) is 5.92 Å². The Bertz CT molecular complexity index is 1110. The van der Waals surface area contributed by atoms with E-state index >= 15 is 0 Å². The highest BCUT2D eigenvalue weighted by molar-refractivity contribution is 6.31. The molecule has 2 saturated heterocycles. The van der Waals surface area contributed by atoms with Gasteiger partial charge in [-0.05, 0) is 56.3 Å². The number of likely N-dealkylation sites (tertiary alicyclic amines) is 1. The average Bonchev–Trinajstić information content (AvgIpc) is 3.31. The Labute approximate surface area is 177 Å². The van der Waals surface area contributed by atoms with Crippen LogP contribution in [0, 0.1) is 5.82 Å². The van der Waals surface area contributed by atoms with Crippen molar-refractivity contribution in [3.05, 3.63) is 59.1 Å². The van der Waals surface area contributed by atoms with Crippen LogP contribution in [0.2, 0.25) is 5.02 Å². The third-order valence-corrected chi connectivity index (χ3v) is 6.34. The minimum Gasteiger partial charge on any atom is -0.342 e. The normalized spacial score (nSPS) is 21.1. The molecule has 5 rings (SSSR count). The van der Waals surface area contributed by atoms with Gasteiger partial charge >= 0.3 is 0 Å². The lowest BCUT2D eigenvalue weighted by Crippen LogP contribution is -2.45. The van der Waals surface area contributed by atoms with Crippen molar-refractivity contribution < 1.29 is 14.0 Å². The maximum absolute atomic E-state index is 13.5. The molecule has 0 spiro atoms. The highest BCUT2D eigenvalue weighted by atomic mass is 35.5. The van der Waals surface area contributed by atoms with Crippen LogP contribution >= 0.6 is 11.6 Å². The van der Waals surface area contributed by atoms with E-state index in [1.807, 2.05) is 24.3 Å². The first-order valence-electron chi connectivity index (χ1n) is 10.0. The van der Waals surface area contributed by atoms with Crippen molar-refractivity contribution in [2.24, 2.45) is 0 Å². The molecule has 1 N–H and O–H groups in total. The topological polar surface area (TPSA) is 69.3 Å². The van der Waals surface area contributed by atoms with Gasteiger partial charge in [-0.15, -0.1) is 0 Å². The number of hydrogen-bond acceptors (Lipinski definition) is 4. The molecule has 1 aromatic heterocycles. The fraction of sp³-hybridized carbons (Fsp3) is 0.318. The number of para-hydroxylation sites is 2. The molecule has 154 valence electrons. The lowest BCUT2D eigenvalue weighted by Gasteiger charge is -2.34. The molecule has 1 atom stereocenters. The van der Waals surface area contributed by atoms with Gasteiger partial charge in [-0.2, -0.15) is 0 Å². The predicted octanol–water partition coefficient (Wildman–Crippen LogP) is 3.87. The summed E-state index contributed by atoms with van der Waals surface area (Å²) < 4.78 is 13.5. The second kappa shape index (κ2) is 7.49. The summed E-state index contributed by atoms with van der Waals surface area (Å²) in [4.78, 5) is 36.8. The minimum absolute atomic E-state index is 0.108. The van der Waals surface area contributed by atoms with Crippen molar-refractivity contribution in [1.82, 2.24) is 14.9 Å². The molecule has 6 nitrogen and oxygen atoms in total. The zero-order valence-electron chi connectivity index (χ0n) is 16.1. The van der Waals surface area contributed by atoms with Crippen molar-refractivity contribution in [3.8, 4) is 0 Å². The number of anilines is 1. The molecule has 2 amide bonds. The summed E-state index contributed by atoms with van der Waals surface area (Å²) in [5.41, 5.74) is 2.30. The molecule has 2 aliphatic heterocycles. The number of halogens is 2. The number of fused-ring (bicyclic) bond motifs is 1. The number of nitrogens with one attached hydrogen (secondary N) is 1. The van der Waals surface area contributed by atoms with Crippen LogP contribution in [-0.4, -0.2) is 45.8 Å². The summed E-state index contributed by atoms with van der Waals surface area (Å²) in [5, 5.41) is -0.108. The third-order valence-electron chi connectivity index (χ3n) is 6.05.